The molecule has 0 N–H and O–H groups in total. The van der Waals surface area contributed by atoms with Gasteiger partial charge in [-0.05, 0) is 62.9 Å². The lowest BCUT2D eigenvalue weighted by Gasteiger charge is -2.30. The maximum absolute atomic E-state index is 13.2. The van der Waals surface area contributed by atoms with Crippen LogP contribution in [0.1, 0.15) is 30.0 Å². The molecule has 0 aliphatic heterocycles. The van der Waals surface area contributed by atoms with Crippen molar-refractivity contribution in [1.82, 2.24) is 9.55 Å². The molecule has 1 heterocycles. The highest BCUT2D eigenvalue weighted by molar-refractivity contribution is 8.00. The van der Waals surface area contributed by atoms with Crippen LogP contribution in [0.15, 0.2) is 66.1 Å². The first-order chi connectivity index (χ1) is 12.4. The smallest absolute Gasteiger partial charge is 0.123 e. The summed E-state index contributed by atoms with van der Waals surface area (Å²) in [6, 6.07) is 13.5. The van der Waals surface area contributed by atoms with E-state index in [1.807, 2.05) is 42.6 Å². The van der Waals surface area contributed by atoms with E-state index in [0.29, 0.717) is 0 Å². The number of halogens is 1. The summed E-state index contributed by atoms with van der Waals surface area (Å²) in [5.41, 5.74) is 3.76. The Kier molecular flexibility index (Phi) is 5.82. The minimum absolute atomic E-state index is 0.00758. The fraction of sp³-hybridized carbons (Fsp3) is 0.318. The highest BCUT2D eigenvalue weighted by Gasteiger charge is 2.27. The van der Waals surface area contributed by atoms with Gasteiger partial charge in [0.05, 0.1) is 6.33 Å². The van der Waals surface area contributed by atoms with E-state index in [-0.39, 0.29) is 10.6 Å². The molecule has 0 aliphatic carbocycles. The van der Waals surface area contributed by atoms with Crippen LogP contribution in [0.2, 0.25) is 0 Å². The first-order valence-electron chi connectivity index (χ1n) is 8.90. The Morgan fingerprint density at radius 3 is 2.58 bits per heavy atom. The summed E-state index contributed by atoms with van der Waals surface area (Å²) in [6.07, 6.45) is 7.63. The third-order valence-corrected chi connectivity index (χ3v) is 6.12. The normalized spacial score (nSPS) is 13.5. The number of imidazole rings is 1. The van der Waals surface area contributed by atoms with E-state index < -0.39 is 0 Å². The second kappa shape index (κ2) is 8.09. The van der Waals surface area contributed by atoms with Crippen molar-refractivity contribution < 1.29 is 4.39 Å². The second-order valence-electron chi connectivity index (χ2n) is 7.18. The van der Waals surface area contributed by atoms with Gasteiger partial charge < -0.3 is 4.57 Å². The van der Waals surface area contributed by atoms with Crippen molar-refractivity contribution >= 4 is 11.8 Å². The van der Waals surface area contributed by atoms with Crippen LogP contribution >= 0.6 is 11.8 Å². The molecule has 0 aliphatic rings. The summed E-state index contributed by atoms with van der Waals surface area (Å²) in [4.78, 5) is 5.51. The predicted octanol–water partition coefficient (Wildman–Crippen LogP) is 5.82. The number of hydrogen-bond donors (Lipinski definition) is 0. The lowest BCUT2D eigenvalue weighted by Crippen LogP contribution is -2.27. The SMILES string of the molecule is Cc1ccc(C)c(SC(C)(CCc2ccc(F)cc2)Cn2ccnc2)c1. The van der Waals surface area contributed by atoms with Crippen LogP contribution < -0.4 is 0 Å². The van der Waals surface area contributed by atoms with E-state index in [0.717, 1.165) is 19.4 Å². The maximum Gasteiger partial charge on any atom is 0.123 e. The zero-order valence-electron chi connectivity index (χ0n) is 15.6. The Bertz CT molecular complexity index is 843. The van der Waals surface area contributed by atoms with E-state index in [4.69, 9.17) is 0 Å². The molecule has 0 saturated heterocycles. The van der Waals surface area contributed by atoms with Crippen molar-refractivity contribution in [3.8, 4) is 0 Å². The van der Waals surface area contributed by atoms with Gasteiger partial charge in [-0.3, -0.25) is 0 Å². The molecule has 26 heavy (non-hydrogen) atoms. The standard InChI is InChI=1S/C22H25FN2S/c1-17-4-5-18(2)21(14-17)26-22(3,15-25-13-12-24-16-25)11-10-19-6-8-20(23)9-7-19/h4-9,12-14,16H,10-11,15H2,1-3H3. The first-order valence-corrected chi connectivity index (χ1v) is 9.72. The number of rotatable bonds is 7. The Balaban J connectivity index is 1.81. The zero-order valence-corrected chi connectivity index (χ0v) is 16.4. The molecular formula is C22H25FN2S. The van der Waals surface area contributed by atoms with Crippen molar-refractivity contribution in [2.24, 2.45) is 0 Å². The van der Waals surface area contributed by atoms with Gasteiger partial charge in [0.1, 0.15) is 5.82 Å². The number of benzene rings is 2. The van der Waals surface area contributed by atoms with Gasteiger partial charge in [-0.1, -0.05) is 29.8 Å². The topological polar surface area (TPSA) is 17.8 Å². The van der Waals surface area contributed by atoms with Crippen LogP contribution in [0.4, 0.5) is 4.39 Å². The number of thioether (sulfide) groups is 1. The lowest BCUT2D eigenvalue weighted by atomic mass is 10.00. The van der Waals surface area contributed by atoms with E-state index >= 15 is 0 Å². The Morgan fingerprint density at radius 1 is 1.12 bits per heavy atom. The van der Waals surface area contributed by atoms with Gasteiger partial charge in [0.25, 0.3) is 0 Å². The quantitative estimate of drug-likeness (QED) is 0.489. The van der Waals surface area contributed by atoms with Crippen molar-refractivity contribution in [2.75, 3.05) is 0 Å². The van der Waals surface area contributed by atoms with Crippen LogP contribution in [0.3, 0.4) is 0 Å². The predicted molar refractivity (Wildman–Crippen MR) is 107 cm³/mol. The number of nitrogens with zero attached hydrogens (tertiary/aromatic N) is 2. The van der Waals surface area contributed by atoms with Crippen molar-refractivity contribution in [2.45, 2.75) is 49.8 Å². The van der Waals surface area contributed by atoms with Crippen molar-refractivity contribution in [3.05, 3.63) is 83.7 Å². The van der Waals surface area contributed by atoms with E-state index in [1.165, 1.54) is 21.6 Å². The van der Waals surface area contributed by atoms with E-state index in [9.17, 15) is 4.39 Å². The Morgan fingerprint density at radius 2 is 1.88 bits per heavy atom. The molecular weight excluding hydrogens is 343 g/mol. The highest BCUT2D eigenvalue weighted by atomic mass is 32.2. The van der Waals surface area contributed by atoms with Crippen LogP contribution in [-0.4, -0.2) is 14.3 Å². The van der Waals surface area contributed by atoms with Crippen LogP contribution in [-0.2, 0) is 13.0 Å². The summed E-state index contributed by atoms with van der Waals surface area (Å²) >= 11 is 1.93. The van der Waals surface area contributed by atoms with Crippen LogP contribution in [0, 0.1) is 19.7 Å². The number of aryl methyl sites for hydroxylation is 3. The molecule has 0 saturated carbocycles. The third kappa shape index (κ3) is 4.98. The molecule has 1 atom stereocenters. The van der Waals surface area contributed by atoms with Crippen molar-refractivity contribution in [1.29, 1.82) is 0 Å². The van der Waals surface area contributed by atoms with Crippen LogP contribution in [0.5, 0.6) is 0 Å². The average molecular weight is 369 g/mol. The maximum atomic E-state index is 13.2. The van der Waals surface area contributed by atoms with Gasteiger partial charge >= 0.3 is 0 Å². The molecule has 3 aromatic rings. The zero-order chi connectivity index (χ0) is 18.6. The van der Waals surface area contributed by atoms with Gasteiger partial charge in [-0.2, -0.15) is 0 Å². The summed E-state index contributed by atoms with van der Waals surface area (Å²) < 4.78 is 15.3. The summed E-state index contributed by atoms with van der Waals surface area (Å²) in [5.74, 6) is -0.181. The monoisotopic (exact) mass is 368 g/mol. The molecule has 0 fully saturated rings. The largest absolute Gasteiger partial charge is 0.336 e. The Labute approximate surface area is 159 Å². The Hall–Kier alpha value is -2.07. The highest BCUT2D eigenvalue weighted by Crippen LogP contribution is 2.39. The number of aromatic nitrogens is 2. The molecule has 2 aromatic carbocycles. The fourth-order valence-corrected chi connectivity index (χ4v) is 4.49. The van der Waals surface area contributed by atoms with E-state index in [1.54, 1.807) is 12.1 Å². The fourth-order valence-electron chi connectivity index (χ4n) is 3.07. The molecule has 4 heteroatoms. The number of hydrogen-bond acceptors (Lipinski definition) is 2. The van der Waals surface area contributed by atoms with Gasteiger partial charge in [0.15, 0.2) is 0 Å². The van der Waals surface area contributed by atoms with E-state index in [2.05, 4.69) is 48.5 Å². The molecule has 2 nitrogen and oxygen atoms in total. The van der Waals surface area contributed by atoms with Gasteiger partial charge in [-0.25, -0.2) is 9.37 Å². The molecule has 0 amide bonds. The minimum Gasteiger partial charge on any atom is -0.336 e. The van der Waals surface area contributed by atoms with Gasteiger partial charge in [-0.15, -0.1) is 11.8 Å². The minimum atomic E-state index is -0.181. The summed E-state index contributed by atoms with van der Waals surface area (Å²) in [6.45, 7) is 7.49. The molecule has 1 unspecified atom stereocenters. The summed E-state index contributed by atoms with van der Waals surface area (Å²) in [7, 11) is 0. The molecule has 0 spiro atoms. The molecule has 0 radical (unpaired) electrons. The molecule has 1 aromatic heterocycles. The molecule has 0 bridgehead atoms. The van der Waals surface area contributed by atoms with Gasteiger partial charge in [0, 0.05) is 28.6 Å². The van der Waals surface area contributed by atoms with Crippen molar-refractivity contribution in [3.63, 3.8) is 0 Å². The summed E-state index contributed by atoms with van der Waals surface area (Å²) in [5, 5.41) is 0. The lowest BCUT2D eigenvalue weighted by molar-refractivity contribution is 0.495. The second-order valence-corrected chi connectivity index (χ2v) is 8.81. The average Bonchev–Trinajstić information content (AvgIpc) is 3.10. The first kappa shape index (κ1) is 18.7. The molecule has 136 valence electrons. The molecule has 3 rings (SSSR count). The van der Waals surface area contributed by atoms with Gasteiger partial charge in [0.2, 0.25) is 0 Å². The van der Waals surface area contributed by atoms with Crippen LogP contribution in [0.25, 0.3) is 0 Å². The third-order valence-electron chi connectivity index (χ3n) is 4.63.